The van der Waals surface area contributed by atoms with E-state index in [4.69, 9.17) is 5.73 Å². The van der Waals surface area contributed by atoms with Crippen LogP contribution in [0.25, 0.3) is 22.0 Å². The first-order valence-electron chi connectivity index (χ1n) is 7.10. The summed E-state index contributed by atoms with van der Waals surface area (Å²) in [6.07, 6.45) is 3.92. The van der Waals surface area contributed by atoms with E-state index in [2.05, 4.69) is 27.4 Å². The van der Waals surface area contributed by atoms with E-state index in [1.54, 1.807) is 0 Å². The van der Waals surface area contributed by atoms with E-state index < -0.39 is 0 Å². The molecule has 0 atom stereocenters. The average molecular weight is 289 g/mol. The molecule has 0 amide bonds. The molecule has 2 aromatic carbocycles. The van der Waals surface area contributed by atoms with Gasteiger partial charge in [-0.25, -0.2) is 0 Å². The summed E-state index contributed by atoms with van der Waals surface area (Å²) in [5.74, 6) is 0.522. The number of anilines is 1. The third kappa shape index (κ3) is 2.22. The van der Waals surface area contributed by atoms with Crippen LogP contribution >= 0.6 is 0 Å². The van der Waals surface area contributed by atoms with Gasteiger partial charge in [-0.15, -0.1) is 0 Å². The summed E-state index contributed by atoms with van der Waals surface area (Å²) in [6.45, 7) is 0.761. The Hall–Kier alpha value is -3.08. The zero-order chi connectivity index (χ0) is 14.9. The maximum Gasteiger partial charge on any atom is 0.153 e. The van der Waals surface area contributed by atoms with Gasteiger partial charge in [0.2, 0.25) is 0 Å². The lowest BCUT2D eigenvalue weighted by atomic mass is 10.1. The molecule has 0 saturated carbocycles. The van der Waals surface area contributed by atoms with Gasteiger partial charge in [-0.05, 0) is 23.3 Å². The average Bonchev–Trinajstić information content (AvgIpc) is 3.16. The molecule has 0 unspecified atom stereocenters. The zero-order valence-electron chi connectivity index (χ0n) is 11.9. The number of aromatic amines is 1. The second kappa shape index (κ2) is 5.04. The normalized spacial score (nSPS) is 11.1. The highest BCUT2D eigenvalue weighted by molar-refractivity contribution is 5.92. The summed E-state index contributed by atoms with van der Waals surface area (Å²) >= 11 is 0. The number of benzene rings is 2. The number of rotatable bonds is 3. The van der Waals surface area contributed by atoms with Crippen molar-refractivity contribution in [3.05, 3.63) is 66.5 Å². The zero-order valence-corrected chi connectivity index (χ0v) is 11.9. The third-order valence-corrected chi connectivity index (χ3v) is 3.75. The standard InChI is InChI=1S/C17H15N5/c18-17-15-8-13(6-7-16(15)20-21-17)14-9-19-22(11-14)10-12-4-2-1-3-5-12/h1-9,11H,10H2,(H3,18,20,21). The Morgan fingerprint density at radius 1 is 1.05 bits per heavy atom. The van der Waals surface area contributed by atoms with Crippen LogP contribution in [0.4, 0.5) is 5.82 Å². The number of aromatic nitrogens is 4. The first-order chi connectivity index (χ1) is 10.8. The van der Waals surface area contributed by atoms with Crippen molar-refractivity contribution in [1.29, 1.82) is 0 Å². The summed E-state index contributed by atoms with van der Waals surface area (Å²) in [5.41, 5.74) is 10.2. The molecule has 0 spiro atoms. The van der Waals surface area contributed by atoms with Crippen LogP contribution in [0.5, 0.6) is 0 Å². The van der Waals surface area contributed by atoms with Crippen molar-refractivity contribution < 1.29 is 0 Å². The molecule has 0 aliphatic heterocycles. The highest BCUT2D eigenvalue weighted by Crippen LogP contribution is 2.26. The first kappa shape index (κ1) is 12.6. The molecule has 0 radical (unpaired) electrons. The van der Waals surface area contributed by atoms with E-state index in [9.17, 15) is 0 Å². The van der Waals surface area contributed by atoms with Gasteiger partial charge in [0.15, 0.2) is 5.82 Å². The highest BCUT2D eigenvalue weighted by atomic mass is 15.3. The van der Waals surface area contributed by atoms with E-state index in [1.165, 1.54) is 5.56 Å². The van der Waals surface area contributed by atoms with Crippen molar-refractivity contribution in [3.63, 3.8) is 0 Å². The number of nitrogens with zero attached hydrogens (tertiary/aromatic N) is 3. The van der Waals surface area contributed by atoms with E-state index in [1.807, 2.05) is 53.5 Å². The topological polar surface area (TPSA) is 72.5 Å². The maximum absolute atomic E-state index is 5.87. The number of nitrogen functional groups attached to an aromatic ring is 1. The molecule has 4 rings (SSSR count). The molecule has 0 bridgehead atoms. The molecule has 2 heterocycles. The SMILES string of the molecule is Nc1n[nH]c2ccc(-c3cnn(Cc4ccccc4)c3)cc12. The number of H-pyrrole nitrogens is 1. The van der Waals surface area contributed by atoms with Crippen LogP contribution in [-0.2, 0) is 6.54 Å². The molecule has 3 N–H and O–H groups in total. The Morgan fingerprint density at radius 2 is 1.91 bits per heavy atom. The predicted octanol–water partition coefficient (Wildman–Crippen LogP) is 3.06. The number of hydrogen-bond acceptors (Lipinski definition) is 3. The monoisotopic (exact) mass is 289 g/mol. The van der Waals surface area contributed by atoms with Gasteiger partial charge in [0.1, 0.15) is 0 Å². The summed E-state index contributed by atoms with van der Waals surface area (Å²) in [4.78, 5) is 0. The molecular weight excluding hydrogens is 274 g/mol. The van der Waals surface area contributed by atoms with Crippen molar-refractivity contribution in [2.45, 2.75) is 6.54 Å². The van der Waals surface area contributed by atoms with Crippen LogP contribution in [0.1, 0.15) is 5.56 Å². The van der Waals surface area contributed by atoms with E-state index in [-0.39, 0.29) is 0 Å². The quantitative estimate of drug-likeness (QED) is 0.609. The molecule has 0 saturated heterocycles. The predicted molar refractivity (Wildman–Crippen MR) is 87.3 cm³/mol. The summed E-state index contributed by atoms with van der Waals surface area (Å²) < 4.78 is 1.94. The molecule has 5 heteroatoms. The number of nitrogens with two attached hydrogens (primary N) is 1. The number of nitrogens with one attached hydrogen (secondary N) is 1. The van der Waals surface area contributed by atoms with Crippen molar-refractivity contribution in [2.75, 3.05) is 5.73 Å². The van der Waals surface area contributed by atoms with Crippen LogP contribution in [0.2, 0.25) is 0 Å². The molecule has 0 fully saturated rings. The van der Waals surface area contributed by atoms with Crippen molar-refractivity contribution in [2.24, 2.45) is 0 Å². The first-order valence-corrected chi connectivity index (χ1v) is 7.10. The van der Waals surface area contributed by atoms with Crippen molar-refractivity contribution in [1.82, 2.24) is 20.0 Å². The highest BCUT2D eigenvalue weighted by Gasteiger charge is 2.07. The van der Waals surface area contributed by atoms with Crippen LogP contribution in [0.15, 0.2) is 60.9 Å². The maximum atomic E-state index is 5.87. The molecule has 5 nitrogen and oxygen atoms in total. The Labute approximate surface area is 127 Å². The lowest BCUT2D eigenvalue weighted by Crippen LogP contribution is -1.99. The second-order valence-electron chi connectivity index (χ2n) is 5.28. The van der Waals surface area contributed by atoms with Gasteiger partial charge in [0, 0.05) is 17.1 Å². The molecule has 0 aliphatic carbocycles. The smallest absolute Gasteiger partial charge is 0.153 e. The summed E-state index contributed by atoms with van der Waals surface area (Å²) in [5, 5.41) is 12.3. The second-order valence-corrected chi connectivity index (χ2v) is 5.28. The molecule has 2 aromatic heterocycles. The fourth-order valence-corrected chi connectivity index (χ4v) is 2.58. The Balaban J connectivity index is 1.66. The molecule has 108 valence electrons. The van der Waals surface area contributed by atoms with Gasteiger partial charge in [-0.2, -0.15) is 10.2 Å². The fraction of sp³-hybridized carbons (Fsp3) is 0.0588. The van der Waals surface area contributed by atoms with E-state index in [0.29, 0.717) is 5.82 Å². The summed E-state index contributed by atoms with van der Waals surface area (Å²) in [6, 6.07) is 16.4. The number of fused-ring (bicyclic) bond motifs is 1. The molecular formula is C17H15N5. The Morgan fingerprint density at radius 3 is 2.77 bits per heavy atom. The Kier molecular flexibility index (Phi) is 2.89. The fourth-order valence-electron chi connectivity index (χ4n) is 2.58. The lowest BCUT2D eigenvalue weighted by molar-refractivity contribution is 0.687. The van der Waals surface area contributed by atoms with Crippen LogP contribution < -0.4 is 5.73 Å². The van der Waals surface area contributed by atoms with Crippen LogP contribution in [0.3, 0.4) is 0 Å². The molecule has 0 aliphatic rings. The largest absolute Gasteiger partial charge is 0.382 e. The van der Waals surface area contributed by atoms with Gasteiger partial charge >= 0.3 is 0 Å². The van der Waals surface area contributed by atoms with Crippen molar-refractivity contribution in [3.8, 4) is 11.1 Å². The minimum atomic E-state index is 0.522. The van der Waals surface area contributed by atoms with Crippen LogP contribution in [0, 0.1) is 0 Å². The van der Waals surface area contributed by atoms with E-state index >= 15 is 0 Å². The summed E-state index contributed by atoms with van der Waals surface area (Å²) in [7, 11) is 0. The van der Waals surface area contributed by atoms with Gasteiger partial charge in [-0.3, -0.25) is 9.78 Å². The molecule has 22 heavy (non-hydrogen) atoms. The van der Waals surface area contributed by atoms with Gasteiger partial charge in [0.05, 0.1) is 18.3 Å². The van der Waals surface area contributed by atoms with E-state index in [0.717, 1.165) is 28.6 Å². The van der Waals surface area contributed by atoms with Gasteiger partial charge in [0.25, 0.3) is 0 Å². The van der Waals surface area contributed by atoms with Gasteiger partial charge < -0.3 is 5.73 Å². The van der Waals surface area contributed by atoms with Gasteiger partial charge in [-0.1, -0.05) is 36.4 Å². The van der Waals surface area contributed by atoms with Crippen molar-refractivity contribution >= 4 is 16.7 Å². The third-order valence-electron chi connectivity index (χ3n) is 3.75. The minimum absolute atomic E-state index is 0.522. The lowest BCUT2D eigenvalue weighted by Gasteiger charge is -2.01. The van der Waals surface area contributed by atoms with Crippen LogP contribution in [-0.4, -0.2) is 20.0 Å². The number of hydrogen-bond donors (Lipinski definition) is 2. The molecule has 4 aromatic rings. The minimum Gasteiger partial charge on any atom is -0.382 e. The Bertz CT molecular complexity index is 921.